The lowest BCUT2D eigenvalue weighted by molar-refractivity contribution is -0.137. The molecule has 0 spiro atoms. The van der Waals surface area contributed by atoms with Crippen molar-refractivity contribution in [2.24, 2.45) is 10.1 Å². The Morgan fingerprint density at radius 2 is 1.79 bits per heavy atom. The lowest BCUT2D eigenvalue weighted by Gasteiger charge is -2.15. The van der Waals surface area contributed by atoms with E-state index in [-0.39, 0.29) is 0 Å². The van der Waals surface area contributed by atoms with Gasteiger partial charge in [-0.15, -0.1) is 0 Å². The van der Waals surface area contributed by atoms with Gasteiger partial charge in [0.15, 0.2) is 0 Å². The molecule has 0 fully saturated rings. The summed E-state index contributed by atoms with van der Waals surface area (Å²) in [6.07, 6.45) is -2.65. The average molecular weight is 337 g/mol. The number of halogens is 3. The highest BCUT2D eigenvalue weighted by Crippen LogP contribution is 2.29. The minimum absolute atomic E-state index is 0.483. The van der Waals surface area contributed by atoms with E-state index in [2.05, 4.69) is 20.5 Å². The summed E-state index contributed by atoms with van der Waals surface area (Å²) in [5.74, 6) is 0.519. The number of benzene rings is 1. The second-order valence-electron chi connectivity index (χ2n) is 5.17. The Kier molecular flexibility index (Phi) is 5.28. The maximum atomic E-state index is 12.7. The van der Waals surface area contributed by atoms with Gasteiger partial charge in [-0.3, -0.25) is 4.99 Å². The van der Waals surface area contributed by atoms with E-state index in [0.29, 0.717) is 22.9 Å². The molecule has 0 atom stereocenters. The summed E-state index contributed by atoms with van der Waals surface area (Å²) in [6.45, 7) is 0. The van der Waals surface area contributed by atoms with Crippen LogP contribution in [-0.2, 0) is 6.18 Å². The quantitative estimate of drug-likeness (QED) is 0.514. The van der Waals surface area contributed by atoms with Crippen molar-refractivity contribution < 1.29 is 13.2 Å². The van der Waals surface area contributed by atoms with E-state index in [1.54, 1.807) is 44.4 Å². The molecule has 5 nitrogen and oxygen atoms in total. The molecular weight excluding hydrogens is 319 g/mol. The fourth-order valence-electron chi connectivity index (χ4n) is 2.03. The Bertz CT molecular complexity index is 713. The van der Waals surface area contributed by atoms with Gasteiger partial charge in [0.2, 0.25) is 5.96 Å². The van der Waals surface area contributed by atoms with Crippen molar-refractivity contribution in [2.75, 3.05) is 21.1 Å². The first-order valence-corrected chi connectivity index (χ1v) is 7.12. The van der Waals surface area contributed by atoms with Crippen molar-refractivity contribution >= 4 is 11.7 Å². The first-order chi connectivity index (χ1) is 11.3. The molecule has 0 unspecified atom stereocenters. The van der Waals surface area contributed by atoms with Crippen molar-refractivity contribution in [2.45, 2.75) is 6.18 Å². The van der Waals surface area contributed by atoms with Crippen LogP contribution in [0.2, 0.25) is 0 Å². The Morgan fingerprint density at radius 3 is 2.25 bits per heavy atom. The van der Waals surface area contributed by atoms with Gasteiger partial charge in [0, 0.05) is 32.9 Å². The third-order valence-electron chi connectivity index (χ3n) is 3.24. The molecule has 2 aromatic rings. The van der Waals surface area contributed by atoms with Crippen LogP contribution in [0.1, 0.15) is 16.8 Å². The van der Waals surface area contributed by atoms with Crippen molar-refractivity contribution in [1.82, 2.24) is 15.3 Å². The van der Waals surface area contributed by atoms with E-state index in [9.17, 15) is 13.2 Å². The van der Waals surface area contributed by atoms with Crippen LogP contribution < -0.4 is 5.43 Å². The van der Waals surface area contributed by atoms with Gasteiger partial charge in [-0.25, -0.2) is 5.43 Å². The highest BCUT2D eigenvalue weighted by atomic mass is 19.4. The SMILES string of the molecule is CN=C(N/N=C(\c1ccc(C(F)(F)F)cc1)c1ccc[nH]1)N(C)C. The molecule has 2 rings (SSSR count). The van der Waals surface area contributed by atoms with Gasteiger partial charge in [0.05, 0.1) is 11.3 Å². The molecule has 0 radical (unpaired) electrons. The number of aromatic nitrogens is 1. The number of H-pyrrole nitrogens is 1. The zero-order valence-electron chi connectivity index (χ0n) is 13.5. The minimum Gasteiger partial charge on any atom is -0.360 e. The van der Waals surface area contributed by atoms with Gasteiger partial charge < -0.3 is 9.88 Å². The molecule has 128 valence electrons. The van der Waals surface area contributed by atoms with Gasteiger partial charge in [-0.05, 0) is 24.3 Å². The first kappa shape index (κ1) is 17.6. The number of rotatable bonds is 3. The van der Waals surface area contributed by atoms with Crippen LogP contribution in [0.25, 0.3) is 0 Å². The number of nitrogens with one attached hydrogen (secondary N) is 2. The number of hydrogen-bond donors (Lipinski definition) is 2. The zero-order valence-corrected chi connectivity index (χ0v) is 13.5. The van der Waals surface area contributed by atoms with E-state index in [1.807, 2.05) is 0 Å². The molecule has 0 bridgehead atoms. The molecule has 0 aliphatic rings. The second-order valence-corrected chi connectivity index (χ2v) is 5.17. The van der Waals surface area contributed by atoms with Gasteiger partial charge in [-0.1, -0.05) is 12.1 Å². The number of hydrogen-bond acceptors (Lipinski definition) is 2. The molecule has 1 heterocycles. The number of aliphatic imine (C=N–C) groups is 1. The van der Waals surface area contributed by atoms with Crippen LogP contribution >= 0.6 is 0 Å². The molecule has 0 saturated heterocycles. The van der Waals surface area contributed by atoms with Crippen LogP contribution in [0.15, 0.2) is 52.7 Å². The highest BCUT2D eigenvalue weighted by molar-refractivity contribution is 6.12. The smallest absolute Gasteiger partial charge is 0.360 e. The van der Waals surface area contributed by atoms with Crippen LogP contribution in [-0.4, -0.2) is 42.7 Å². The molecule has 0 aliphatic heterocycles. The average Bonchev–Trinajstić information content (AvgIpc) is 3.04. The molecule has 0 aliphatic carbocycles. The fourth-order valence-corrected chi connectivity index (χ4v) is 2.03. The maximum absolute atomic E-state index is 12.7. The first-order valence-electron chi connectivity index (χ1n) is 7.12. The third kappa shape index (κ3) is 4.15. The number of guanidine groups is 1. The van der Waals surface area contributed by atoms with E-state index in [0.717, 1.165) is 12.1 Å². The molecule has 24 heavy (non-hydrogen) atoms. The Hall–Kier alpha value is -2.77. The second kappa shape index (κ2) is 7.20. The summed E-state index contributed by atoms with van der Waals surface area (Å²) in [6, 6.07) is 8.43. The van der Waals surface area contributed by atoms with Crippen LogP contribution in [0.5, 0.6) is 0 Å². The van der Waals surface area contributed by atoms with E-state index in [1.165, 1.54) is 12.1 Å². The maximum Gasteiger partial charge on any atom is 0.416 e. The molecule has 8 heteroatoms. The number of aromatic amines is 1. The zero-order chi connectivity index (χ0) is 17.7. The normalized spacial score (nSPS) is 13.1. The minimum atomic E-state index is -4.37. The third-order valence-corrected chi connectivity index (χ3v) is 3.24. The van der Waals surface area contributed by atoms with Crippen LogP contribution in [0.3, 0.4) is 0 Å². The van der Waals surface area contributed by atoms with E-state index < -0.39 is 11.7 Å². The Balaban J connectivity index is 2.37. The molecule has 2 N–H and O–H groups in total. The fraction of sp³-hybridized carbons (Fsp3) is 0.250. The van der Waals surface area contributed by atoms with E-state index >= 15 is 0 Å². The summed E-state index contributed by atoms with van der Waals surface area (Å²) < 4.78 is 38.1. The van der Waals surface area contributed by atoms with E-state index in [4.69, 9.17) is 0 Å². The predicted octanol–water partition coefficient (Wildman–Crippen LogP) is 2.92. The van der Waals surface area contributed by atoms with Gasteiger partial charge in [0.25, 0.3) is 0 Å². The Morgan fingerprint density at radius 1 is 1.12 bits per heavy atom. The summed E-state index contributed by atoms with van der Waals surface area (Å²) >= 11 is 0. The summed E-state index contributed by atoms with van der Waals surface area (Å²) in [5.41, 5.74) is 3.83. The van der Waals surface area contributed by atoms with Gasteiger partial charge in [-0.2, -0.15) is 18.3 Å². The topological polar surface area (TPSA) is 55.8 Å². The van der Waals surface area contributed by atoms with Crippen molar-refractivity contribution in [3.63, 3.8) is 0 Å². The predicted molar refractivity (Wildman–Crippen MR) is 88.1 cm³/mol. The molecule has 1 aromatic carbocycles. The van der Waals surface area contributed by atoms with Gasteiger partial charge >= 0.3 is 6.18 Å². The lowest BCUT2D eigenvalue weighted by Crippen LogP contribution is -2.34. The summed E-state index contributed by atoms with van der Waals surface area (Å²) in [7, 11) is 5.22. The number of alkyl halides is 3. The standard InChI is InChI=1S/C16H18F3N5/c1-20-15(24(2)3)23-22-14(13-5-4-10-21-13)11-6-8-12(9-7-11)16(17,18)19/h4-10,21H,1-3H3,(H,20,23)/b22-14+. The summed E-state index contributed by atoms with van der Waals surface area (Å²) in [5, 5.41) is 4.30. The molecule has 1 aromatic heterocycles. The van der Waals surface area contributed by atoms with Crippen LogP contribution in [0, 0.1) is 0 Å². The monoisotopic (exact) mass is 337 g/mol. The van der Waals surface area contributed by atoms with Gasteiger partial charge in [0.1, 0.15) is 5.71 Å². The number of hydrazone groups is 1. The lowest BCUT2D eigenvalue weighted by atomic mass is 10.1. The Labute approximate surface area is 137 Å². The van der Waals surface area contributed by atoms with Crippen molar-refractivity contribution in [1.29, 1.82) is 0 Å². The van der Waals surface area contributed by atoms with Crippen molar-refractivity contribution in [3.05, 3.63) is 59.4 Å². The molecule has 0 saturated carbocycles. The molecule has 0 amide bonds. The molecular formula is C16H18F3N5. The highest BCUT2D eigenvalue weighted by Gasteiger charge is 2.30. The summed E-state index contributed by atoms with van der Waals surface area (Å²) in [4.78, 5) is 8.79. The van der Waals surface area contributed by atoms with Crippen LogP contribution in [0.4, 0.5) is 13.2 Å². The number of nitrogens with zero attached hydrogens (tertiary/aromatic N) is 3. The van der Waals surface area contributed by atoms with Crippen molar-refractivity contribution in [3.8, 4) is 0 Å². The largest absolute Gasteiger partial charge is 0.416 e.